The van der Waals surface area contributed by atoms with E-state index >= 15 is 0 Å². The van der Waals surface area contributed by atoms with Crippen LogP contribution in [0.3, 0.4) is 0 Å². The third-order valence-electron chi connectivity index (χ3n) is 6.08. The number of amides is 1. The fraction of sp³-hybridized carbons (Fsp3) is 0.296. The van der Waals surface area contributed by atoms with E-state index in [1.807, 2.05) is 24.3 Å². The second-order valence-electron chi connectivity index (χ2n) is 8.57. The van der Waals surface area contributed by atoms with Crippen molar-refractivity contribution in [2.24, 2.45) is 5.92 Å². The van der Waals surface area contributed by atoms with Crippen molar-refractivity contribution in [3.8, 4) is 11.1 Å². The smallest absolute Gasteiger partial charge is 0.224 e. The molecule has 0 radical (unpaired) electrons. The highest BCUT2D eigenvalue weighted by Gasteiger charge is 2.25. The zero-order valence-corrected chi connectivity index (χ0v) is 18.4. The van der Waals surface area contributed by atoms with E-state index in [0.717, 1.165) is 36.6 Å². The minimum absolute atomic E-state index is 0.0453. The zero-order chi connectivity index (χ0) is 23.2. The lowest BCUT2D eigenvalue weighted by Crippen LogP contribution is -2.43. The molecule has 3 aromatic carbocycles. The van der Waals surface area contributed by atoms with Crippen LogP contribution in [-0.2, 0) is 17.8 Å². The summed E-state index contributed by atoms with van der Waals surface area (Å²) < 4.78 is 40.4. The average molecular weight is 453 g/mol. The number of piperidine rings is 1. The van der Waals surface area contributed by atoms with Crippen molar-refractivity contribution >= 4 is 5.91 Å². The summed E-state index contributed by atoms with van der Waals surface area (Å²) in [5.41, 5.74) is 3.08. The lowest BCUT2D eigenvalue weighted by Gasteiger charge is -2.32. The van der Waals surface area contributed by atoms with Crippen molar-refractivity contribution < 1.29 is 18.0 Å². The highest BCUT2D eigenvalue weighted by atomic mass is 19.1. The van der Waals surface area contributed by atoms with Crippen LogP contribution in [0.4, 0.5) is 13.2 Å². The predicted octanol–water partition coefficient (Wildman–Crippen LogP) is 5.34. The molecular formula is C27H27F3N2O. The van der Waals surface area contributed by atoms with E-state index in [1.165, 1.54) is 24.3 Å². The number of likely N-dealkylation sites (tertiary alicyclic amines) is 1. The molecule has 1 fully saturated rings. The number of halogens is 3. The number of hydrogen-bond donors (Lipinski definition) is 1. The Balaban J connectivity index is 1.32. The molecule has 0 aromatic heterocycles. The third-order valence-corrected chi connectivity index (χ3v) is 6.08. The maximum absolute atomic E-state index is 14.2. The lowest BCUT2D eigenvalue weighted by atomic mass is 9.96. The van der Waals surface area contributed by atoms with Gasteiger partial charge in [0.2, 0.25) is 5.91 Å². The molecule has 0 saturated carbocycles. The maximum atomic E-state index is 14.2. The first-order valence-electron chi connectivity index (χ1n) is 11.3. The van der Waals surface area contributed by atoms with Gasteiger partial charge in [-0.25, -0.2) is 13.2 Å². The van der Waals surface area contributed by atoms with Crippen molar-refractivity contribution in [3.63, 3.8) is 0 Å². The molecule has 3 nitrogen and oxygen atoms in total. The van der Waals surface area contributed by atoms with Gasteiger partial charge in [0.05, 0.1) is 5.92 Å². The summed E-state index contributed by atoms with van der Waals surface area (Å²) in [7, 11) is 0. The third kappa shape index (κ3) is 6.23. The van der Waals surface area contributed by atoms with Gasteiger partial charge in [0, 0.05) is 31.3 Å². The molecule has 33 heavy (non-hydrogen) atoms. The molecule has 0 bridgehead atoms. The maximum Gasteiger partial charge on any atom is 0.224 e. The minimum Gasteiger partial charge on any atom is -0.355 e. The second kappa shape index (κ2) is 10.7. The molecule has 172 valence electrons. The van der Waals surface area contributed by atoms with Crippen molar-refractivity contribution in [2.75, 3.05) is 19.6 Å². The first kappa shape index (κ1) is 23.1. The van der Waals surface area contributed by atoms with Crippen LogP contribution in [0, 0.1) is 23.4 Å². The number of rotatable bonds is 7. The summed E-state index contributed by atoms with van der Waals surface area (Å²) in [6.45, 7) is 2.74. The largest absolute Gasteiger partial charge is 0.355 e. The molecule has 1 aliphatic rings. The number of carbonyl (C=O) groups is 1. The van der Waals surface area contributed by atoms with E-state index in [1.54, 1.807) is 12.1 Å². The summed E-state index contributed by atoms with van der Waals surface area (Å²) in [5.74, 6) is -1.47. The van der Waals surface area contributed by atoms with E-state index in [2.05, 4.69) is 10.2 Å². The Morgan fingerprint density at radius 1 is 0.939 bits per heavy atom. The average Bonchev–Trinajstić information content (AvgIpc) is 2.81. The molecule has 1 atom stereocenters. The van der Waals surface area contributed by atoms with Gasteiger partial charge in [-0.2, -0.15) is 0 Å². The standard InChI is InChI=1S/C27H27F3N2O/c28-23-8-6-19(7-9-23)12-13-31-27(33)22-5-2-14-32(18-22)17-20-3-1-4-21(15-20)25-11-10-24(29)16-26(25)30/h1,3-4,6-11,15-16,22H,2,5,12-14,17-18H2,(H,31,33). The van der Waals surface area contributed by atoms with Crippen LogP contribution >= 0.6 is 0 Å². The zero-order valence-electron chi connectivity index (χ0n) is 18.4. The molecular weight excluding hydrogens is 425 g/mol. The summed E-state index contributed by atoms with van der Waals surface area (Å²) in [4.78, 5) is 14.9. The fourth-order valence-electron chi connectivity index (χ4n) is 4.36. The van der Waals surface area contributed by atoms with E-state index in [9.17, 15) is 18.0 Å². The van der Waals surface area contributed by atoms with Crippen LogP contribution in [-0.4, -0.2) is 30.4 Å². The van der Waals surface area contributed by atoms with Crippen molar-refractivity contribution in [1.82, 2.24) is 10.2 Å². The predicted molar refractivity (Wildman–Crippen MR) is 123 cm³/mol. The normalized spacial score (nSPS) is 16.5. The van der Waals surface area contributed by atoms with E-state index < -0.39 is 11.6 Å². The van der Waals surface area contributed by atoms with Gasteiger partial charge in [-0.05, 0) is 72.8 Å². The summed E-state index contributed by atoms with van der Waals surface area (Å²) in [6.07, 6.45) is 2.44. The van der Waals surface area contributed by atoms with Crippen LogP contribution < -0.4 is 5.32 Å². The monoisotopic (exact) mass is 452 g/mol. The fourth-order valence-corrected chi connectivity index (χ4v) is 4.36. The van der Waals surface area contributed by atoms with E-state index in [-0.39, 0.29) is 17.6 Å². The Bertz CT molecular complexity index is 1100. The van der Waals surface area contributed by atoms with Crippen molar-refractivity contribution in [1.29, 1.82) is 0 Å². The molecule has 1 amide bonds. The first-order chi connectivity index (χ1) is 16.0. The minimum atomic E-state index is -0.595. The second-order valence-corrected chi connectivity index (χ2v) is 8.57. The van der Waals surface area contributed by atoms with Gasteiger partial charge < -0.3 is 5.32 Å². The molecule has 1 heterocycles. The molecule has 1 unspecified atom stereocenters. The highest BCUT2D eigenvalue weighted by Crippen LogP contribution is 2.26. The van der Waals surface area contributed by atoms with Gasteiger partial charge in [0.15, 0.2) is 0 Å². The van der Waals surface area contributed by atoms with Gasteiger partial charge in [0.25, 0.3) is 0 Å². The molecule has 4 rings (SSSR count). The highest BCUT2D eigenvalue weighted by molar-refractivity contribution is 5.79. The van der Waals surface area contributed by atoms with Crippen molar-refractivity contribution in [3.05, 3.63) is 95.3 Å². The molecule has 1 saturated heterocycles. The Labute approximate surface area is 192 Å². The van der Waals surface area contributed by atoms with Crippen LogP contribution in [0.15, 0.2) is 66.7 Å². The Hall–Kier alpha value is -3.12. The summed E-state index contributed by atoms with van der Waals surface area (Å²) in [6, 6.07) is 17.5. The number of carbonyl (C=O) groups excluding carboxylic acids is 1. The van der Waals surface area contributed by atoms with Crippen LogP contribution in [0.5, 0.6) is 0 Å². The van der Waals surface area contributed by atoms with Gasteiger partial charge in [-0.3, -0.25) is 9.69 Å². The molecule has 3 aromatic rings. The Morgan fingerprint density at radius 3 is 2.52 bits per heavy atom. The number of nitrogens with zero attached hydrogens (tertiary/aromatic N) is 1. The van der Waals surface area contributed by atoms with Crippen LogP contribution in [0.25, 0.3) is 11.1 Å². The lowest BCUT2D eigenvalue weighted by molar-refractivity contribution is -0.126. The summed E-state index contributed by atoms with van der Waals surface area (Å²) in [5, 5.41) is 3.01. The van der Waals surface area contributed by atoms with E-state index in [0.29, 0.717) is 37.2 Å². The summed E-state index contributed by atoms with van der Waals surface area (Å²) >= 11 is 0. The van der Waals surface area contributed by atoms with Crippen molar-refractivity contribution in [2.45, 2.75) is 25.8 Å². The number of benzene rings is 3. The number of hydrogen-bond acceptors (Lipinski definition) is 2. The van der Waals surface area contributed by atoms with Crippen LogP contribution in [0.1, 0.15) is 24.0 Å². The van der Waals surface area contributed by atoms with Crippen LogP contribution in [0.2, 0.25) is 0 Å². The number of nitrogens with one attached hydrogen (secondary N) is 1. The first-order valence-corrected chi connectivity index (χ1v) is 11.3. The topological polar surface area (TPSA) is 32.3 Å². The molecule has 0 spiro atoms. The molecule has 1 aliphatic heterocycles. The molecule has 1 N–H and O–H groups in total. The SMILES string of the molecule is O=C(NCCc1ccc(F)cc1)C1CCCN(Cc2cccc(-c3ccc(F)cc3F)c2)C1. The quantitative estimate of drug-likeness (QED) is 0.525. The van der Waals surface area contributed by atoms with Gasteiger partial charge >= 0.3 is 0 Å². The van der Waals surface area contributed by atoms with Gasteiger partial charge in [0.1, 0.15) is 17.5 Å². The Kier molecular flexibility index (Phi) is 7.45. The van der Waals surface area contributed by atoms with Gasteiger partial charge in [-0.1, -0.05) is 30.3 Å². The molecule has 6 heteroatoms. The van der Waals surface area contributed by atoms with Gasteiger partial charge in [-0.15, -0.1) is 0 Å². The molecule has 0 aliphatic carbocycles. The van der Waals surface area contributed by atoms with E-state index in [4.69, 9.17) is 0 Å². The Morgan fingerprint density at radius 2 is 1.73 bits per heavy atom.